The molecule has 2 bridgehead atoms. The minimum Gasteiger partial charge on any atom is -0.461 e. The van der Waals surface area contributed by atoms with Gasteiger partial charge >= 0.3 is 5.97 Å². The fourth-order valence-electron chi connectivity index (χ4n) is 4.85. The standard InChI is InChI=1S/C21H16BrCl2NO4/c22-18-12-8-13-17(21(27)29-19(13)18)16(12)20(26)25-10-2-4-11(5-3-10)28-15-6-1-9(23)7-14(15)24/h1-7,12-13,16-19H,8H2,(H,25,26)/t12-,13-,16+,17+,18-,19+/m1/s1. The van der Waals surface area contributed by atoms with Crippen LogP contribution in [0, 0.1) is 23.7 Å². The van der Waals surface area contributed by atoms with Gasteiger partial charge in [-0.1, -0.05) is 39.1 Å². The van der Waals surface area contributed by atoms with Crippen LogP contribution in [0.5, 0.6) is 11.5 Å². The van der Waals surface area contributed by atoms with Crippen LogP contribution < -0.4 is 10.1 Å². The molecule has 2 aromatic rings. The van der Waals surface area contributed by atoms with Gasteiger partial charge in [0, 0.05) is 16.6 Å². The van der Waals surface area contributed by atoms with Crippen LogP contribution in [-0.2, 0) is 14.3 Å². The van der Waals surface area contributed by atoms with Crippen LogP contribution in [0.15, 0.2) is 42.5 Å². The Bertz CT molecular complexity index is 999. The summed E-state index contributed by atoms with van der Waals surface area (Å²) in [7, 11) is 0. The third-order valence-electron chi connectivity index (χ3n) is 6.07. The number of ether oxygens (including phenoxy) is 2. The lowest BCUT2D eigenvalue weighted by Gasteiger charge is -2.27. The predicted molar refractivity (Wildman–Crippen MR) is 113 cm³/mol. The van der Waals surface area contributed by atoms with Gasteiger partial charge in [-0.15, -0.1) is 0 Å². The third-order valence-corrected chi connectivity index (χ3v) is 7.80. The van der Waals surface area contributed by atoms with E-state index in [2.05, 4.69) is 21.2 Å². The average molecular weight is 497 g/mol. The lowest BCUT2D eigenvalue weighted by molar-refractivity contribution is -0.145. The number of hydrogen-bond acceptors (Lipinski definition) is 4. The van der Waals surface area contributed by atoms with Gasteiger partial charge < -0.3 is 14.8 Å². The number of halogens is 3. The van der Waals surface area contributed by atoms with E-state index in [9.17, 15) is 9.59 Å². The van der Waals surface area contributed by atoms with Crippen molar-refractivity contribution in [3.8, 4) is 11.5 Å². The summed E-state index contributed by atoms with van der Waals surface area (Å²) in [6, 6.07) is 12.0. The van der Waals surface area contributed by atoms with Crippen LogP contribution in [0.3, 0.4) is 0 Å². The van der Waals surface area contributed by atoms with E-state index in [1.54, 1.807) is 42.5 Å². The zero-order valence-electron chi connectivity index (χ0n) is 15.0. The SMILES string of the molecule is O=C(Nc1ccc(Oc2ccc(Cl)cc2Cl)cc1)[C@H]1[C@H]2C[C@H]3[C@H](OC(=O)[C@@H]31)[C@@H]2Br. The van der Waals surface area contributed by atoms with Gasteiger partial charge in [-0.3, -0.25) is 9.59 Å². The van der Waals surface area contributed by atoms with Gasteiger partial charge in [0.2, 0.25) is 5.91 Å². The molecule has 5 rings (SSSR count). The van der Waals surface area contributed by atoms with Crippen molar-refractivity contribution in [3.63, 3.8) is 0 Å². The molecule has 0 spiro atoms. The van der Waals surface area contributed by atoms with Gasteiger partial charge in [-0.2, -0.15) is 0 Å². The number of benzene rings is 2. The topological polar surface area (TPSA) is 64.6 Å². The maximum absolute atomic E-state index is 12.9. The first-order valence-corrected chi connectivity index (χ1v) is 11.0. The molecule has 29 heavy (non-hydrogen) atoms. The first-order chi connectivity index (χ1) is 13.9. The summed E-state index contributed by atoms with van der Waals surface area (Å²) in [6.45, 7) is 0. The predicted octanol–water partition coefficient (Wildman–Crippen LogP) is 5.30. The molecule has 2 saturated carbocycles. The number of hydrogen-bond donors (Lipinski definition) is 1. The number of nitrogens with one attached hydrogen (secondary N) is 1. The highest BCUT2D eigenvalue weighted by Gasteiger charge is 2.67. The lowest BCUT2D eigenvalue weighted by atomic mass is 9.79. The summed E-state index contributed by atoms with van der Waals surface area (Å²) in [4.78, 5) is 25.2. The summed E-state index contributed by atoms with van der Waals surface area (Å²) >= 11 is 15.7. The molecule has 0 unspecified atom stereocenters. The highest BCUT2D eigenvalue weighted by molar-refractivity contribution is 9.09. The first kappa shape index (κ1) is 19.2. The number of carbonyl (C=O) groups excluding carboxylic acids is 2. The van der Waals surface area contributed by atoms with Gasteiger partial charge in [0.15, 0.2) is 0 Å². The molecule has 1 saturated heterocycles. The van der Waals surface area contributed by atoms with E-state index in [1.165, 1.54) is 0 Å². The number of carbonyl (C=O) groups is 2. The van der Waals surface area contributed by atoms with Crippen molar-refractivity contribution in [1.29, 1.82) is 0 Å². The Morgan fingerprint density at radius 3 is 2.62 bits per heavy atom. The van der Waals surface area contributed by atoms with E-state index < -0.39 is 0 Å². The van der Waals surface area contributed by atoms with E-state index in [0.29, 0.717) is 27.2 Å². The molecule has 150 valence electrons. The summed E-state index contributed by atoms with van der Waals surface area (Å²) in [6.07, 6.45) is 0.765. The van der Waals surface area contributed by atoms with Crippen molar-refractivity contribution in [2.45, 2.75) is 17.4 Å². The van der Waals surface area contributed by atoms with Gasteiger partial charge in [0.05, 0.1) is 21.7 Å². The highest BCUT2D eigenvalue weighted by Crippen LogP contribution is 2.60. The molecule has 1 N–H and O–H groups in total. The molecule has 3 aliphatic rings. The van der Waals surface area contributed by atoms with Crippen LogP contribution in [0.2, 0.25) is 10.0 Å². The van der Waals surface area contributed by atoms with Crippen LogP contribution in [-0.4, -0.2) is 22.8 Å². The Labute approximate surface area is 185 Å². The highest BCUT2D eigenvalue weighted by atomic mass is 79.9. The van der Waals surface area contributed by atoms with Crippen LogP contribution >= 0.6 is 39.1 Å². The number of esters is 1. The van der Waals surface area contributed by atoms with Crippen molar-refractivity contribution < 1.29 is 19.1 Å². The summed E-state index contributed by atoms with van der Waals surface area (Å²) < 4.78 is 11.2. The van der Waals surface area contributed by atoms with Crippen LogP contribution in [0.1, 0.15) is 6.42 Å². The van der Waals surface area contributed by atoms with Crippen molar-refractivity contribution in [1.82, 2.24) is 0 Å². The maximum atomic E-state index is 12.9. The Kier molecular flexibility index (Phi) is 4.76. The number of rotatable bonds is 4. The number of fused-ring (bicyclic) bond motifs is 1. The quantitative estimate of drug-likeness (QED) is 0.461. The van der Waals surface area contributed by atoms with E-state index in [0.717, 1.165) is 6.42 Å². The normalized spacial score (nSPS) is 31.6. The molecule has 2 aliphatic carbocycles. The number of anilines is 1. The molecule has 3 fully saturated rings. The van der Waals surface area contributed by atoms with Gasteiger partial charge in [0.25, 0.3) is 0 Å². The minimum absolute atomic E-state index is 0.0471. The number of alkyl halides is 1. The molecule has 0 radical (unpaired) electrons. The van der Waals surface area contributed by atoms with E-state index >= 15 is 0 Å². The van der Waals surface area contributed by atoms with Crippen molar-refractivity contribution in [2.24, 2.45) is 23.7 Å². The molecule has 0 aromatic heterocycles. The molecular weight excluding hydrogens is 481 g/mol. The zero-order valence-corrected chi connectivity index (χ0v) is 18.1. The molecule has 2 aromatic carbocycles. The number of amides is 1. The fraction of sp³-hybridized carbons (Fsp3) is 0.333. The molecule has 1 amide bonds. The van der Waals surface area contributed by atoms with Gasteiger partial charge in [-0.05, 0) is 54.8 Å². The van der Waals surface area contributed by atoms with Crippen molar-refractivity contribution >= 4 is 56.7 Å². The Balaban J connectivity index is 1.28. The van der Waals surface area contributed by atoms with Crippen molar-refractivity contribution in [3.05, 3.63) is 52.5 Å². The molecule has 6 atom stereocenters. The maximum Gasteiger partial charge on any atom is 0.310 e. The van der Waals surface area contributed by atoms with E-state index in [1.807, 2.05) is 0 Å². The molecular formula is C21H16BrCl2NO4. The second-order valence-corrected chi connectivity index (χ2v) is 9.55. The summed E-state index contributed by atoms with van der Waals surface area (Å²) in [5.41, 5.74) is 0.640. The minimum atomic E-state index is -0.362. The Morgan fingerprint density at radius 2 is 1.90 bits per heavy atom. The summed E-state index contributed by atoms with van der Waals surface area (Å²) in [5, 5.41) is 3.88. The van der Waals surface area contributed by atoms with Gasteiger partial charge in [-0.25, -0.2) is 0 Å². The Hall–Kier alpha value is -1.76. The fourth-order valence-corrected chi connectivity index (χ4v) is 6.34. The van der Waals surface area contributed by atoms with E-state index in [4.69, 9.17) is 32.7 Å². The summed E-state index contributed by atoms with van der Waals surface area (Å²) in [5.74, 6) is 0.269. The molecule has 5 nitrogen and oxygen atoms in total. The largest absolute Gasteiger partial charge is 0.461 e. The lowest BCUT2D eigenvalue weighted by Crippen LogP contribution is -2.40. The van der Waals surface area contributed by atoms with Crippen molar-refractivity contribution in [2.75, 3.05) is 5.32 Å². The third kappa shape index (κ3) is 3.22. The monoisotopic (exact) mass is 495 g/mol. The smallest absolute Gasteiger partial charge is 0.310 e. The molecule has 8 heteroatoms. The van der Waals surface area contributed by atoms with Crippen LogP contribution in [0.25, 0.3) is 0 Å². The second-order valence-electron chi connectivity index (χ2n) is 7.65. The molecule has 1 aliphatic heterocycles. The zero-order chi connectivity index (χ0) is 20.3. The first-order valence-electron chi connectivity index (χ1n) is 9.31. The average Bonchev–Trinajstić information content (AvgIpc) is 3.30. The van der Waals surface area contributed by atoms with E-state index in [-0.39, 0.29) is 46.5 Å². The Morgan fingerprint density at radius 1 is 1.14 bits per heavy atom. The van der Waals surface area contributed by atoms with Crippen LogP contribution in [0.4, 0.5) is 5.69 Å². The second kappa shape index (κ2) is 7.18. The van der Waals surface area contributed by atoms with Gasteiger partial charge in [0.1, 0.15) is 17.6 Å². The molecule has 1 heterocycles.